The van der Waals surface area contributed by atoms with Gasteiger partial charge in [-0.2, -0.15) is 12.6 Å². The standard InChI is InChI=1S/C12H17ClOS/c1-9-4-5-10(13)6-11(9)14-7-12(2,3)8-15/h4-6,15H,7-8H2,1-3H3. The van der Waals surface area contributed by atoms with Gasteiger partial charge in [-0.25, -0.2) is 0 Å². The molecule has 0 bridgehead atoms. The van der Waals surface area contributed by atoms with E-state index < -0.39 is 0 Å². The molecule has 0 radical (unpaired) electrons. The van der Waals surface area contributed by atoms with Crippen molar-refractivity contribution in [3.05, 3.63) is 28.8 Å². The molecular formula is C12H17ClOS. The van der Waals surface area contributed by atoms with Crippen molar-refractivity contribution in [1.29, 1.82) is 0 Å². The normalized spacial score (nSPS) is 11.5. The van der Waals surface area contributed by atoms with Crippen molar-refractivity contribution in [2.75, 3.05) is 12.4 Å². The van der Waals surface area contributed by atoms with Crippen LogP contribution in [-0.2, 0) is 0 Å². The fraction of sp³-hybridized carbons (Fsp3) is 0.500. The summed E-state index contributed by atoms with van der Waals surface area (Å²) in [5.41, 5.74) is 1.19. The number of rotatable bonds is 4. The van der Waals surface area contributed by atoms with Gasteiger partial charge in [0.05, 0.1) is 6.61 Å². The zero-order valence-corrected chi connectivity index (χ0v) is 11.0. The third-order valence-corrected chi connectivity index (χ3v) is 3.29. The molecule has 0 unspecified atom stereocenters. The van der Waals surface area contributed by atoms with Gasteiger partial charge < -0.3 is 4.74 Å². The van der Waals surface area contributed by atoms with E-state index in [1.54, 1.807) is 0 Å². The fourth-order valence-corrected chi connectivity index (χ4v) is 1.30. The Kier molecular flexibility index (Phi) is 4.35. The highest BCUT2D eigenvalue weighted by Crippen LogP contribution is 2.25. The molecule has 0 N–H and O–H groups in total. The molecule has 1 aromatic carbocycles. The summed E-state index contributed by atoms with van der Waals surface area (Å²) in [6.45, 7) is 6.91. The van der Waals surface area contributed by atoms with E-state index in [4.69, 9.17) is 16.3 Å². The SMILES string of the molecule is Cc1ccc(Cl)cc1OCC(C)(C)CS. The molecule has 0 saturated carbocycles. The first-order valence-corrected chi connectivity index (χ1v) is 5.95. The summed E-state index contributed by atoms with van der Waals surface area (Å²) < 4.78 is 5.74. The lowest BCUT2D eigenvalue weighted by atomic mass is 9.98. The Morgan fingerprint density at radius 1 is 1.40 bits per heavy atom. The number of benzene rings is 1. The van der Waals surface area contributed by atoms with Crippen LogP contribution in [0.5, 0.6) is 5.75 Å². The van der Waals surface area contributed by atoms with Crippen LogP contribution in [0.25, 0.3) is 0 Å². The zero-order valence-electron chi connectivity index (χ0n) is 9.38. The molecule has 0 fully saturated rings. The maximum Gasteiger partial charge on any atom is 0.123 e. The van der Waals surface area contributed by atoms with Crippen LogP contribution in [0.3, 0.4) is 0 Å². The Hall–Kier alpha value is -0.340. The van der Waals surface area contributed by atoms with Crippen molar-refractivity contribution >= 4 is 24.2 Å². The summed E-state index contributed by atoms with van der Waals surface area (Å²) in [6, 6.07) is 5.68. The number of thiol groups is 1. The first kappa shape index (κ1) is 12.7. The monoisotopic (exact) mass is 244 g/mol. The predicted octanol–water partition coefficient (Wildman–Crippen LogP) is 3.98. The van der Waals surface area contributed by atoms with E-state index >= 15 is 0 Å². The summed E-state index contributed by atoms with van der Waals surface area (Å²) in [5, 5.41) is 0.708. The van der Waals surface area contributed by atoms with Gasteiger partial charge in [-0.05, 0) is 30.4 Å². The van der Waals surface area contributed by atoms with Crippen molar-refractivity contribution in [3.8, 4) is 5.75 Å². The molecule has 0 aliphatic rings. The highest BCUT2D eigenvalue weighted by Gasteiger charge is 2.17. The summed E-state index contributed by atoms with van der Waals surface area (Å²) in [5.74, 6) is 1.66. The highest BCUT2D eigenvalue weighted by molar-refractivity contribution is 7.80. The Balaban J connectivity index is 2.69. The Morgan fingerprint density at radius 3 is 2.67 bits per heavy atom. The van der Waals surface area contributed by atoms with Crippen LogP contribution in [0.15, 0.2) is 18.2 Å². The molecule has 0 aromatic heterocycles. The number of aryl methyl sites for hydroxylation is 1. The number of halogens is 1. The molecular weight excluding hydrogens is 228 g/mol. The van der Waals surface area contributed by atoms with Crippen molar-refractivity contribution in [1.82, 2.24) is 0 Å². The molecule has 0 amide bonds. The highest BCUT2D eigenvalue weighted by atomic mass is 35.5. The quantitative estimate of drug-likeness (QED) is 0.789. The first-order chi connectivity index (χ1) is 6.94. The number of hydrogen-bond donors (Lipinski definition) is 1. The van der Waals surface area contributed by atoms with E-state index in [1.165, 1.54) is 0 Å². The van der Waals surface area contributed by atoms with Crippen LogP contribution < -0.4 is 4.74 Å². The van der Waals surface area contributed by atoms with E-state index in [9.17, 15) is 0 Å². The van der Waals surface area contributed by atoms with Crippen LogP contribution in [0.2, 0.25) is 5.02 Å². The minimum atomic E-state index is 0.0812. The lowest BCUT2D eigenvalue weighted by Gasteiger charge is -2.22. The largest absolute Gasteiger partial charge is 0.493 e. The lowest BCUT2D eigenvalue weighted by molar-refractivity contribution is 0.201. The summed E-state index contributed by atoms with van der Waals surface area (Å²) in [7, 11) is 0. The van der Waals surface area contributed by atoms with Crippen molar-refractivity contribution in [3.63, 3.8) is 0 Å². The Bertz CT molecular complexity index is 336. The average Bonchev–Trinajstić information content (AvgIpc) is 2.20. The molecule has 0 heterocycles. The van der Waals surface area contributed by atoms with Crippen LogP contribution in [-0.4, -0.2) is 12.4 Å². The van der Waals surface area contributed by atoms with Crippen molar-refractivity contribution in [2.45, 2.75) is 20.8 Å². The van der Waals surface area contributed by atoms with E-state index in [0.29, 0.717) is 11.6 Å². The van der Waals surface area contributed by atoms with Gasteiger partial charge in [0, 0.05) is 10.4 Å². The second-order valence-electron chi connectivity index (χ2n) is 4.52. The zero-order chi connectivity index (χ0) is 11.5. The van der Waals surface area contributed by atoms with E-state index in [-0.39, 0.29) is 5.41 Å². The molecule has 0 atom stereocenters. The smallest absolute Gasteiger partial charge is 0.123 e. The van der Waals surface area contributed by atoms with Crippen molar-refractivity contribution < 1.29 is 4.74 Å². The minimum Gasteiger partial charge on any atom is -0.493 e. The molecule has 0 saturated heterocycles. The first-order valence-electron chi connectivity index (χ1n) is 4.94. The summed E-state index contributed by atoms with van der Waals surface area (Å²) >= 11 is 10.2. The third-order valence-electron chi connectivity index (χ3n) is 2.20. The maximum atomic E-state index is 5.91. The van der Waals surface area contributed by atoms with Gasteiger partial charge in [0.2, 0.25) is 0 Å². The third kappa shape index (κ3) is 3.96. The van der Waals surface area contributed by atoms with Gasteiger partial charge in [-0.1, -0.05) is 31.5 Å². The fourth-order valence-electron chi connectivity index (χ4n) is 1.05. The van der Waals surface area contributed by atoms with Gasteiger partial charge >= 0.3 is 0 Å². The molecule has 84 valence electrons. The van der Waals surface area contributed by atoms with E-state index in [1.807, 2.05) is 25.1 Å². The number of hydrogen-bond acceptors (Lipinski definition) is 2. The van der Waals surface area contributed by atoms with Crippen molar-refractivity contribution in [2.24, 2.45) is 5.41 Å². The van der Waals surface area contributed by atoms with Crippen LogP contribution in [0.1, 0.15) is 19.4 Å². The van der Waals surface area contributed by atoms with Gasteiger partial charge in [0.15, 0.2) is 0 Å². The van der Waals surface area contributed by atoms with Gasteiger partial charge in [0.1, 0.15) is 5.75 Å². The second-order valence-corrected chi connectivity index (χ2v) is 5.27. The van der Waals surface area contributed by atoms with Crippen LogP contribution >= 0.6 is 24.2 Å². The molecule has 0 spiro atoms. The molecule has 1 rings (SSSR count). The molecule has 1 aromatic rings. The van der Waals surface area contributed by atoms with Gasteiger partial charge in [0.25, 0.3) is 0 Å². The van der Waals surface area contributed by atoms with E-state index in [2.05, 4.69) is 26.5 Å². The maximum absolute atomic E-state index is 5.91. The summed E-state index contributed by atoms with van der Waals surface area (Å²) in [6.07, 6.45) is 0. The van der Waals surface area contributed by atoms with Gasteiger partial charge in [-0.15, -0.1) is 0 Å². The van der Waals surface area contributed by atoms with E-state index in [0.717, 1.165) is 17.1 Å². The average molecular weight is 245 g/mol. The predicted molar refractivity (Wildman–Crippen MR) is 69.3 cm³/mol. The molecule has 1 nitrogen and oxygen atoms in total. The molecule has 3 heteroatoms. The molecule has 0 aliphatic heterocycles. The Morgan fingerprint density at radius 2 is 2.07 bits per heavy atom. The van der Waals surface area contributed by atoms with Crippen LogP contribution in [0.4, 0.5) is 0 Å². The topological polar surface area (TPSA) is 9.23 Å². The molecule has 15 heavy (non-hydrogen) atoms. The lowest BCUT2D eigenvalue weighted by Crippen LogP contribution is -2.23. The van der Waals surface area contributed by atoms with Crippen LogP contribution in [0, 0.1) is 12.3 Å². The second kappa shape index (κ2) is 5.13. The van der Waals surface area contributed by atoms with Gasteiger partial charge in [-0.3, -0.25) is 0 Å². The Labute approximate surface area is 102 Å². The molecule has 0 aliphatic carbocycles. The number of ether oxygens (including phenoxy) is 1. The minimum absolute atomic E-state index is 0.0812. The summed E-state index contributed by atoms with van der Waals surface area (Å²) in [4.78, 5) is 0.